The van der Waals surface area contributed by atoms with Crippen molar-refractivity contribution in [1.29, 1.82) is 0 Å². The summed E-state index contributed by atoms with van der Waals surface area (Å²) >= 11 is 0. The molecule has 1 aromatic carbocycles. The Morgan fingerprint density at radius 3 is 2.30 bits per heavy atom. The van der Waals surface area contributed by atoms with Crippen LogP contribution in [0.5, 0.6) is 0 Å². The first-order valence-corrected chi connectivity index (χ1v) is 11.4. The quantitative estimate of drug-likeness (QED) is 0.851. The molecule has 1 amide bonds. The van der Waals surface area contributed by atoms with Gasteiger partial charge in [-0.2, -0.15) is 4.31 Å². The summed E-state index contributed by atoms with van der Waals surface area (Å²) in [6.45, 7) is 8.74. The van der Waals surface area contributed by atoms with E-state index < -0.39 is 10.0 Å². The van der Waals surface area contributed by atoms with Crippen LogP contribution < -0.4 is 5.32 Å². The highest BCUT2D eigenvalue weighted by Gasteiger charge is 2.38. The lowest BCUT2D eigenvalue weighted by atomic mass is 9.94. The number of rotatable bonds is 3. The number of hydrogen-bond acceptors (Lipinski definition) is 4. The van der Waals surface area contributed by atoms with Crippen LogP contribution in [-0.4, -0.2) is 62.8 Å². The highest BCUT2D eigenvalue weighted by Crippen LogP contribution is 2.29. The maximum absolute atomic E-state index is 13.1. The Balaban J connectivity index is 1.54. The van der Waals surface area contributed by atoms with E-state index in [0.717, 1.165) is 32.6 Å². The van der Waals surface area contributed by atoms with Crippen LogP contribution in [0.2, 0.25) is 0 Å². The van der Waals surface area contributed by atoms with Crippen molar-refractivity contribution >= 4 is 15.9 Å². The van der Waals surface area contributed by atoms with Crippen LogP contribution in [0.4, 0.5) is 0 Å². The molecule has 1 N–H and O–H groups in total. The maximum atomic E-state index is 13.1. The van der Waals surface area contributed by atoms with Gasteiger partial charge in [-0.15, -0.1) is 0 Å². The summed E-state index contributed by atoms with van der Waals surface area (Å²) < 4.78 is 27.8. The highest BCUT2D eigenvalue weighted by molar-refractivity contribution is 7.89. The monoisotopic (exact) mass is 391 g/mol. The standard InChI is InChI=1S/C20H29N3O3S/c1-14-6-15(2)11-23(10-14)27(25,26)19-5-3-4-16(7-19)20(24)22-12-17-8-21-9-18(17)13-22/h3-5,7,14-15,17-18,21H,6,8-13H2,1-2H3/t14?,15?,17-,18+. The number of benzene rings is 1. The van der Waals surface area contributed by atoms with Crippen molar-refractivity contribution in [2.24, 2.45) is 23.7 Å². The van der Waals surface area contributed by atoms with Crippen molar-refractivity contribution < 1.29 is 13.2 Å². The van der Waals surface area contributed by atoms with Crippen LogP contribution in [0.15, 0.2) is 29.2 Å². The number of nitrogens with zero attached hydrogens (tertiary/aromatic N) is 2. The molecular formula is C20H29N3O3S. The molecular weight excluding hydrogens is 362 g/mol. The first-order chi connectivity index (χ1) is 12.8. The average molecular weight is 392 g/mol. The van der Waals surface area contributed by atoms with Gasteiger partial charge in [0.2, 0.25) is 10.0 Å². The largest absolute Gasteiger partial charge is 0.338 e. The van der Waals surface area contributed by atoms with Gasteiger partial charge < -0.3 is 10.2 Å². The lowest BCUT2D eigenvalue weighted by Crippen LogP contribution is -2.42. The number of hydrogen-bond donors (Lipinski definition) is 1. The van der Waals surface area contributed by atoms with Crippen LogP contribution in [0.25, 0.3) is 0 Å². The topological polar surface area (TPSA) is 69.7 Å². The van der Waals surface area contributed by atoms with Crippen LogP contribution in [0, 0.1) is 23.7 Å². The van der Waals surface area contributed by atoms with E-state index in [2.05, 4.69) is 19.2 Å². The Bertz CT molecular complexity index is 804. The number of likely N-dealkylation sites (tertiary alicyclic amines) is 1. The molecule has 3 fully saturated rings. The molecule has 0 aliphatic carbocycles. The Kier molecular flexibility index (Phi) is 5.03. The predicted molar refractivity (Wildman–Crippen MR) is 104 cm³/mol. The van der Waals surface area contributed by atoms with Gasteiger partial charge in [0.1, 0.15) is 0 Å². The molecule has 3 heterocycles. The second kappa shape index (κ2) is 7.18. The molecule has 0 spiro atoms. The highest BCUT2D eigenvalue weighted by atomic mass is 32.2. The molecule has 3 aliphatic heterocycles. The van der Waals surface area contributed by atoms with Gasteiger partial charge in [-0.05, 0) is 48.3 Å². The van der Waals surface area contributed by atoms with E-state index in [1.54, 1.807) is 28.6 Å². The lowest BCUT2D eigenvalue weighted by Gasteiger charge is -2.34. The zero-order chi connectivity index (χ0) is 19.2. The molecule has 7 heteroatoms. The number of carbonyl (C=O) groups excluding carboxylic acids is 1. The number of fused-ring (bicyclic) bond motifs is 1. The smallest absolute Gasteiger partial charge is 0.253 e. The summed E-state index contributed by atoms with van der Waals surface area (Å²) in [5.74, 6) is 1.70. The van der Waals surface area contributed by atoms with Gasteiger partial charge in [-0.25, -0.2) is 8.42 Å². The lowest BCUT2D eigenvalue weighted by molar-refractivity contribution is 0.0781. The van der Waals surface area contributed by atoms with E-state index >= 15 is 0 Å². The van der Waals surface area contributed by atoms with Gasteiger partial charge in [0.05, 0.1) is 4.90 Å². The molecule has 6 nitrogen and oxygen atoms in total. The Labute approximate surface area is 162 Å². The fourth-order valence-corrected chi connectivity index (χ4v) is 6.67. The molecule has 0 aromatic heterocycles. The van der Waals surface area contributed by atoms with Crippen molar-refractivity contribution in [2.45, 2.75) is 25.2 Å². The first-order valence-electron chi connectivity index (χ1n) is 9.95. The van der Waals surface area contributed by atoms with Crippen LogP contribution >= 0.6 is 0 Å². The van der Waals surface area contributed by atoms with E-state index in [0.29, 0.717) is 42.3 Å². The molecule has 4 rings (SSSR count). The minimum absolute atomic E-state index is 0.0539. The van der Waals surface area contributed by atoms with E-state index in [9.17, 15) is 13.2 Å². The van der Waals surface area contributed by atoms with Gasteiger partial charge >= 0.3 is 0 Å². The summed E-state index contributed by atoms with van der Waals surface area (Å²) in [6.07, 6.45) is 1.05. The van der Waals surface area contributed by atoms with E-state index in [1.165, 1.54) is 0 Å². The zero-order valence-electron chi connectivity index (χ0n) is 16.1. The third-order valence-electron chi connectivity index (χ3n) is 6.23. The van der Waals surface area contributed by atoms with Crippen LogP contribution in [0.1, 0.15) is 30.6 Å². The van der Waals surface area contributed by atoms with E-state index in [-0.39, 0.29) is 10.8 Å². The van der Waals surface area contributed by atoms with Crippen molar-refractivity contribution in [2.75, 3.05) is 39.3 Å². The molecule has 3 saturated heterocycles. The Morgan fingerprint density at radius 1 is 1.04 bits per heavy atom. The summed E-state index contributed by atoms with van der Waals surface area (Å²) in [5, 5.41) is 3.37. The first kappa shape index (κ1) is 18.9. The molecule has 27 heavy (non-hydrogen) atoms. The van der Waals surface area contributed by atoms with Gasteiger partial charge in [-0.1, -0.05) is 19.9 Å². The van der Waals surface area contributed by atoms with Gasteiger partial charge in [0.15, 0.2) is 0 Å². The minimum Gasteiger partial charge on any atom is -0.338 e. The molecule has 148 valence electrons. The molecule has 4 atom stereocenters. The maximum Gasteiger partial charge on any atom is 0.253 e. The van der Waals surface area contributed by atoms with E-state index in [4.69, 9.17) is 0 Å². The molecule has 1 aromatic rings. The SMILES string of the molecule is CC1CC(C)CN(S(=O)(=O)c2cccc(C(=O)N3C[C@H]4CNC[C@H]4C3)c2)C1. The molecule has 3 aliphatic rings. The molecule has 0 radical (unpaired) electrons. The van der Waals surface area contributed by atoms with Crippen molar-refractivity contribution in [3.63, 3.8) is 0 Å². The summed E-state index contributed by atoms with van der Waals surface area (Å²) in [7, 11) is -3.57. The summed E-state index contributed by atoms with van der Waals surface area (Å²) in [4.78, 5) is 15.0. The van der Waals surface area contributed by atoms with E-state index in [1.807, 2.05) is 4.90 Å². The number of piperidine rings is 1. The van der Waals surface area contributed by atoms with Crippen molar-refractivity contribution in [1.82, 2.24) is 14.5 Å². The second-order valence-corrected chi connectivity index (χ2v) is 10.6. The fourth-order valence-electron chi connectivity index (χ4n) is 4.94. The molecule has 0 bridgehead atoms. The normalized spacial score (nSPS) is 31.9. The van der Waals surface area contributed by atoms with Crippen molar-refractivity contribution in [3.8, 4) is 0 Å². The summed E-state index contributed by atoms with van der Waals surface area (Å²) in [5.41, 5.74) is 0.474. The second-order valence-electron chi connectivity index (χ2n) is 8.68. The molecule has 0 saturated carbocycles. The Hall–Kier alpha value is -1.44. The van der Waals surface area contributed by atoms with Crippen LogP contribution in [-0.2, 0) is 10.0 Å². The van der Waals surface area contributed by atoms with Gasteiger partial charge in [0.25, 0.3) is 5.91 Å². The zero-order valence-corrected chi connectivity index (χ0v) is 16.9. The third kappa shape index (κ3) is 3.65. The minimum atomic E-state index is -3.57. The predicted octanol–water partition coefficient (Wildman–Crippen LogP) is 1.64. The number of sulfonamides is 1. The van der Waals surface area contributed by atoms with Crippen molar-refractivity contribution in [3.05, 3.63) is 29.8 Å². The number of carbonyl (C=O) groups is 1. The third-order valence-corrected chi connectivity index (χ3v) is 8.06. The van der Waals surface area contributed by atoms with Crippen LogP contribution in [0.3, 0.4) is 0 Å². The van der Waals surface area contributed by atoms with Gasteiger partial charge in [0, 0.05) is 44.8 Å². The fraction of sp³-hybridized carbons (Fsp3) is 0.650. The summed E-state index contributed by atoms with van der Waals surface area (Å²) in [6, 6.07) is 6.59. The number of amides is 1. The number of nitrogens with one attached hydrogen (secondary N) is 1. The molecule has 2 unspecified atom stereocenters. The van der Waals surface area contributed by atoms with Gasteiger partial charge in [-0.3, -0.25) is 4.79 Å². The Morgan fingerprint density at radius 2 is 1.67 bits per heavy atom. The average Bonchev–Trinajstić information content (AvgIpc) is 3.22.